The lowest BCUT2D eigenvalue weighted by molar-refractivity contribution is 0.851. The van der Waals surface area contributed by atoms with E-state index in [9.17, 15) is 0 Å². The minimum absolute atomic E-state index is 0.739. The maximum absolute atomic E-state index is 5.70. The first-order valence-corrected chi connectivity index (χ1v) is 4.84. The summed E-state index contributed by atoms with van der Waals surface area (Å²) >= 11 is 0. The van der Waals surface area contributed by atoms with Gasteiger partial charge in [-0.3, -0.25) is 0 Å². The van der Waals surface area contributed by atoms with Crippen LogP contribution in [0.3, 0.4) is 0 Å². The standard InChI is InChI=1S/C11H9N5/c12-9-2-3-10-8(5-9)1-4-11(15-10)16-7-13-6-14-16/h1-7H,12H2. The molecule has 3 rings (SSSR count). The van der Waals surface area contributed by atoms with Crippen molar-refractivity contribution in [2.75, 3.05) is 5.73 Å². The highest BCUT2D eigenvalue weighted by Crippen LogP contribution is 2.16. The van der Waals surface area contributed by atoms with Crippen LogP contribution in [0.15, 0.2) is 43.0 Å². The third-order valence-corrected chi connectivity index (χ3v) is 2.35. The number of hydrogen-bond acceptors (Lipinski definition) is 4. The SMILES string of the molecule is Nc1ccc2nc(-n3cncn3)ccc2c1. The minimum atomic E-state index is 0.739. The average Bonchev–Trinajstić information content (AvgIpc) is 2.82. The van der Waals surface area contributed by atoms with Crippen molar-refractivity contribution < 1.29 is 0 Å². The molecule has 0 unspecified atom stereocenters. The quantitative estimate of drug-likeness (QED) is 0.617. The Kier molecular flexibility index (Phi) is 1.83. The second-order valence-corrected chi connectivity index (χ2v) is 3.46. The summed E-state index contributed by atoms with van der Waals surface area (Å²) in [5, 5.41) is 5.05. The largest absolute Gasteiger partial charge is 0.399 e. The summed E-state index contributed by atoms with van der Waals surface area (Å²) in [6.45, 7) is 0. The van der Waals surface area contributed by atoms with Crippen molar-refractivity contribution in [1.82, 2.24) is 19.7 Å². The van der Waals surface area contributed by atoms with Crippen LogP contribution in [0.5, 0.6) is 0 Å². The maximum atomic E-state index is 5.70. The zero-order valence-corrected chi connectivity index (χ0v) is 8.41. The molecule has 2 heterocycles. The summed E-state index contributed by atoms with van der Waals surface area (Å²) < 4.78 is 1.62. The van der Waals surface area contributed by atoms with Crippen molar-refractivity contribution >= 4 is 16.6 Å². The molecule has 0 fully saturated rings. The van der Waals surface area contributed by atoms with Crippen LogP contribution in [0, 0.1) is 0 Å². The van der Waals surface area contributed by atoms with Crippen LogP contribution in [0.2, 0.25) is 0 Å². The molecule has 0 amide bonds. The molecule has 0 saturated carbocycles. The first kappa shape index (κ1) is 8.84. The molecule has 2 aromatic heterocycles. The first-order chi connectivity index (χ1) is 7.83. The molecular weight excluding hydrogens is 202 g/mol. The van der Waals surface area contributed by atoms with Gasteiger partial charge in [0.25, 0.3) is 0 Å². The van der Waals surface area contributed by atoms with E-state index in [4.69, 9.17) is 5.73 Å². The maximum Gasteiger partial charge on any atom is 0.155 e. The average molecular weight is 211 g/mol. The Morgan fingerprint density at radius 1 is 1.12 bits per heavy atom. The van der Waals surface area contributed by atoms with Gasteiger partial charge in [0.2, 0.25) is 0 Å². The van der Waals surface area contributed by atoms with Gasteiger partial charge >= 0.3 is 0 Å². The third kappa shape index (κ3) is 1.38. The van der Waals surface area contributed by atoms with E-state index in [1.165, 1.54) is 6.33 Å². The molecule has 0 aliphatic heterocycles. The predicted molar refractivity (Wildman–Crippen MR) is 61.1 cm³/mol. The minimum Gasteiger partial charge on any atom is -0.399 e. The lowest BCUT2D eigenvalue weighted by Crippen LogP contribution is -1.97. The van der Waals surface area contributed by atoms with E-state index in [0.717, 1.165) is 22.4 Å². The fraction of sp³-hybridized carbons (Fsp3) is 0. The third-order valence-electron chi connectivity index (χ3n) is 2.35. The van der Waals surface area contributed by atoms with Gasteiger partial charge < -0.3 is 5.73 Å². The van der Waals surface area contributed by atoms with Crippen LogP contribution >= 0.6 is 0 Å². The number of fused-ring (bicyclic) bond motifs is 1. The molecule has 0 bridgehead atoms. The van der Waals surface area contributed by atoms with Gasteiger partial charge in [0.05, 0.1) is 5.52 Å². The molecule has 2 N–H and O–H groups in total. The van der Waals surface area contributed by atoms with Gasteiger partial charge in [-0.2, -0.15) is 5.10 Å². The van der Waals surface area contributed by atoms with Crippen LogP contribution in [0.4, 0.5) is 5.69 Å². The summed E-state index contributed by atoms with van der Waals surface area (Å²) in [6, 6.07) is 9.48. The van der Waals surface area contributed by atoms with Gasteiger partial charge in [-0.05, 0) is 30.3 Å². The van der Waals surface area contributed by atoms with Crippen molar-refractivity contribution in [2.24, 2.45) is 0 Å². The Hall–Kier alpha value is -2.43. The van der Waals surface area contributed by atoms with Crippen LogP contribution in [0.1, 0.15) is 0 Å². The van der Waals surface area contributed by atoms with E-state index >= 15 is 0 Å². The summed E-state index contributed by atoms with van der Waals surface area (Å²) in [6.07, 6.45) is 3.10. The van der Waals surface area contributed by atoms with Gasteiger partial charge in [-0.1, -0.05) is 0 Å². The smallest absolute Gasteiger partial charge is 0.155 e. The lowest BCUT2D eigenvalue weighted by atomic mass is 10.2. The molecule has 0 spiro atoms. The van der Waals surface area contributed by atoms with Crippen LogP contribution in [-0.4, -0.2) is 19.7 Å². The van der Waals surface area contributed by atoms with Crippen molar-refractivity contribution in [3.05, 3.63) is 43.0 Å². The number of pyridine rings is 1. The summed E-state index contributed by atoms with van der Waals surface area (Å²) in [4.78, 5) is 8.35. The van der Waals surface area contributed by atoms with Gasteiger partial charge in [-0.15, -0.1) is 0 Å². The van der Waals surface area contributed by atoms with E-state index < -0.39 is 0 Å². The highest BCUT2D eigenvalue weighted by Gasteiger charge is 2.01. The fourth-order valence-electron chi connectivity index (χ4n) is 1.59. The number of hydrogen-bond donors (Lipinski definition) is 1. The molecule has 1 aromatic carbocycles. The Morgan fingerprint density at radius 2 is 2.06 bits per heavy atom. The van der Waals surface area contributed by atoms with Crippen molar-refractivity contribution in [3.63, 3.8) is 0 Å². The van der Waals surface area contributed by atoms with Crippen molar-refractivity contribution in [3.8, 4) is 5.82 Å². The Labute approximate surface area is 91.6 Å². The topological polar surface area (TPSA) is 69.6 Å². The van der Waals surface area contributed by atoms with E-state index in [0.29, 0.717) is 0 Å². The number of nitrogens with two attached hydrogens (primary N) is 1. The fourth-order valence-corrected chi connectivity index (χ4v) is 1.59. The van der Waals surface area contributed by atoms with Gasteiger partial charge in [0, 0.05) is 11.1 Å². The summed E-state index contributed by atoms with van der Waals surface area (Å²) in [5.41, 5.74) is 7.33. The molecule has 0 aliphatic carbocycles. The predicted octanol–water partition coefficient (Wildman–Crippen LogP) is 1.40. The molecule has 0 saturated heterocycles. The zero-order valence-electron chi connectivity index (χ0n) is 8.41. The molecule has 78 valence electrons. The van der Waals surface area contributed by atoms with Crippen LogP contribution in [0.25, 0.3) is 16.7 Å². The van der Waals surface area contributed by atoms with E-state index in [2.05, 4.69) is 15.1 Å². The van der Waals surface area contributed by atoms with E-state index in [-0.39, 0.29) is 0 Å². The normalized spacial score (nSPS) is 10.8. The molecule has 0 atom stereocenters. The van der Waals surface area contributed by atoms with Crippen molar-refractivity contribution in [2.45, 2.75) is 0 Å². The molecule has 5 heteroatoms. The monoisotopic (exact) mass is 211 g/mol. The summed E-state index contributed by atoms with van der Waals surface area (Å²) in [5.74, 6) is 0.745. The number of benzene rings is 1. The molecule has 5 nitrogen and oxygen atoms in total. The Bertz CT molecular complexity index is 630. The van der Waals surface area contributed by atoms with E-state index in [1.54, 1.807) is 11.0 Å². The number of nitrogen functional groups attached to an aromatic ring is 1. The Balaban J connectivity index is 2.20. The van der Waals surface area contributed by atoms with Crippen LogP contribution in [-0.2, 0) is 0 Å². The van der Waals surface area contributed by atoms with E-state index in [1.807, 2.05) is 30.3 Å². The number of aromatic nitrogens is 4. The second-order valence-electron chi connectivity index (χ2n) is 3.46. The van der Waals surface area contributed by atoms with Crippen LogP contribution < -0.4 is 5.73 Å². The second kappa shape index (κ2) is 3.30. The number of rotatable bonds is 1. The highest BCUT2D eigenvalue weighted by molar-refractivity contribution is 5.82. The molecular formula is C11H9N5. The Morgan fingerprint density at radius 3 is 2.88 bits per heavy atom. The lowest BCUT2D eigenvalue weighted by Gasteiger charge is -2.02. The highest BCUT2D eigenvalue weighted by atomic mass is 15.3. The van der Waals surface area contributed by atoms with Crippen molar-refractivity contribution in [1.29, 1.82) is 0 Å². The number of nitrogens with zero attached hydrogens (tertiary/aromatic N) is 4. The first-order valence-electron chi connectivity index (χ1n) is 4.84. The van der Waals surface area contributed by atoms with Gasteiger partial charge in [-0.25, -0.2) is 14.6 Å². The van der Waals surface area contributed by atoms with Gasteiger partial charge in [0.1, 0.15) is 12.7 Å². The number of anilines is 1. The zero-order chi connectivity index (χ0) is 11.0. The molecule has 3 aromatic rings. The molecule has 0 aliphatic rings. The van der Waals surface area contributed by atoms with Gasteiger partial charge in [0.15, 0.2) is 5.82 Å². The molecule has 0 radical (unpaired) electrons. The summed E-state index contributed by atoms with van der Waals surface area (Å²) in [7, 11) is 0. The molecule has 16 heavy (non-hydrogen) atoms.